The lowest BCUT2D eigenvalue weighted by molar-refractivity contribution is 0.102. The molecule has 5 nitrogen and oxygen atoms in total. The van der Waals surface area contributed by atoms with E-state index in [9.17, 15) is 4.79 Å². The van der Waals surface area contributed by atoms with Crippen LogP contribution in [0.1, 0.15) is 10.5 Å². The lowest BCUT2D eigenvalue weighted by Crippen LogP contribution is -2.11. The van der Waals surface area contributed by atoms with Crippen molar-refractivity contribution in [2.45, 2.75) is 0 Å². The van der Waals surface area contributed by atoms with Crippen molar-refractivity contribution in [1.82, 2.24) is 15.2 Å². The van der Waals surface area contributed by atoms with Crippen molar-refractivity contribution in [1.29, 1.82) is 0 Å². The fraction of sp³-hybridized carbons (Fsp3) is 0. The Morgan fingerprint density at radius 2 is 2.10 bits per heavy atom. The number of amides is 1. The minimum Gasteiger partial charge on any atom is -0.297 e. The van der Waals surface area contributed by atoms with Crippen LogP contribution in [0.3, 0.4) is 0 Å². The Morgan fingerprint density at radius 3 is 2.80 bits per heavy atom. The molecule has 0 saturated carbocycles. The molecule has 0 aliphatic carbocycles. The number of nitrogens with zero attached hydrogens (tertiary/aromatic N) is 2. The number of anilines is 1. The van der Waals surface area contributed by atoms with Gasteiger partial charge in [-0.15, -0.1) is 11.3 Å². The quantitative estimate of drug-likeness (QED) is 0.760. The molecule has 0 bridgehead atoms. The molecule has 0 spiro atoms. The van der Waals surface area contributed by atoms with Crippen molar-refractivity contribution >= 4 is 38.3 Å². The number of aromatic amines is 1. The number of rotatable bonds is 3. The van der Waals surface area contributed by atoms with E-state index in [4.69, 9.17) is 0 Å². The summed E-state index contributed by atoms with van der Waals surface area (Å²) in [5.74, 6) is -0.254. The van der Waals surface area contributed by atoms with Crippen molar-refractivity contribution in [3.8, 4) is 11.3 Å². The first-order chi connectivity index (χ1) is 9.72. The third-order valence-electron chi connectivity index (χ3n) is 2.62. The molecular weight excluding hydrogens is 340 g/mol. The highest BCUT2D eigenvalue weighted by Crippen LogP contribution is 2.21. The summed E-state index contributed by atoms with van der Waals surface area (Å²) in [7, 11) is 0. The Bertz CT molecular complexity index is 721. The smallest absolute Gasteiger partial charge is 0.275 e. The second-order valence-corrected chi connectivity index (χ2v) is 5.78. The van der Waals surface area contributed by atoms with Gasteiger partial charge in [-0.1, -0.05) is 28.1 Å². The van der Waals surface area contributed by atoms with E-state index in [1.807, 2.05) is 24.3 Å². The van der Waals surface area contributed by atoms with Crippen LogP contribution in [-0.4, -0.2) is 21.1 Å². The predicted molar refractivity (Wildman–Crippen MR) is 81.8 cm³/mol. The number of hydrogen-bond donors (Lipinski definition) is 2. The van der Waals surface area contributed by atoms with Crippen LogP contribution in [0.2, 0.25) is 0 Å². The van der Waals surface area contributed by atoms with Crippen LogP contribution in [0, 0.1) is 0 Å². The monoisotopic (exact) mass is 348 g/mol. The van der Waals surface area contributed by atoms with E-state index in [2.05, 4.69) is 36.4 Å². The first-order valence-corrected chi connectivity index (χ1v) is 7.42. The summed E-state index contributed by atoms with van der Waals surface area (Å²) in [6.07, 6.45) is 1.64. The van der Waals surface area contributed by atoms with Crippen LogP contribution in [0.4, 0.5) is 5.13 Å². The molecule has 0 atom stereocenters. The summed E-state index contributed by atoms with van der Waals surface area (Å²) in [5, 5.41) is 12.0. The average Bonchev–Trinajstić information content (AvgIpc) is 3.10. The molecule has 0 unspecified atom stereocenters. The molecule has 100 valence electrons. The fourth-order valence-corrected chi connectivity index (χ4v) is 2.44. The summed E-state index contributed by atoms with van der Waals surface area (Å²) < 4.78 is 0.999. The van der Waals surface area contributed by atoms with E-state index in [0.717, 1.165) is 15.7 Å². The van der Waals surface area contributed by atoms with Crippen LogP contribution >= 0.6 is 27.3 Å². The number of carbonyl (C=O) groups excluding carboxylic acids is 1. The second-order valence-electron chi connectivity index (χ2n) is 3.97. The van der Waals surface area contributed by atoms with E-state index in [-0.39, 0.29) is 5.91 Å². The largest absolute Gasteiger partial charge is 0.297 e. The van der Waals surface area contributed by atoms with Gasteiger partial charge in [-0.05, 0) is 18.2 Å². The van der Waals surface area contributed by atoms with Crippen LogP contribution in [0.15, 0.2) is 46.4 Å². The van der Waals surface area contributed by atoms with Gasteiger partial charge in [0.1, 0.15) is 5.69 Å². The number of nitrogens with one attached hydrogen (secondary N) is 2. The zero-order chi connectivity index (χ0) is 13.9. The molecule has 1 amide bonds. The molecule has 2 aromatic heterocycles. The summed E-state index contributed by atoms with van der Waals surface area (Å²) in [6.45, 7) is 0. The van der Waals surface area contributed by atoms with Crippen molar-refractivity contribution in [3.63, 3.8) is 0 Å². The maximum atomic E-state index is 12.0. The first kappa shape index (κ1) is 13.0. The number of hydrogen-bond acceptors (Lipinski definition) is 4. The van der Waals surface area contributed by atoms with Gasteiger partial charge in [0.15, 0.2) is 5.13 Å². The van der Waals surface area contributed by atoms with Gasteiger partial charge in [0.05, 0.1) is 5.69 Å². The van der Waals surface area contributed by atoms with Gasteiger partial charge in [-0.2, -0.15) is 5.10 Å². The van der Waals surface area contributed by atoms with Crippen LogP contribution in [0.25, 0.3) is 11.3 Å². The Balaban J connectivity index is 1.79. The highest BCUT2D eigenvalue weighted by Gasteiger charge is 2.12. The molecule has 2 N–H and O–H groups in total. The van der Waals surface area contributed by atoms with E-state index < -0.39 is 0 Å². The van der Waals surface area contributed by atoms with Crippen molar-refractivity contribution in [2.24, 2.45) is 0 Å². The molecule has 7 heteroatoms. The normalized spacial score (nSPS) is 10.4. The Hall–Kier alpha value is -1.99. The minimum absolute atomic E-state index is 0.254. The molecule has 0 saturated heterocycles. The summed E-state index contributed by atoms with van der Waals surface area (Å²) >= 11 is 4.75. The van der Waals surface area contributed by atoms with Gasteiger partial charge in [0.25, 0.3) is 5.91 Å². The van der Waals surface area contributed by atoms with Crippen LogP contribution in [0.5, 0.6) is 0 Å². The molecule has 0 fully saturated rings. The Labute approximate surface area is 127 Å². The standard InChI is InChI=1S/C13H9BrN4OS/c14-9-3-1-8(2-4-9)10-7-11(18-17-10)12(19)16-13-15-5-6-20-13/h1-7H,(H,17,18)(H,15,16,19). The minimum atomic E-state index is -0.254. The molecule has 3 aromatic rings. The van der Waals surface area contributed by atoms with E-state index in [1.165, 1.54) is 11.3 Å². The number of carbonyl (C=O) groups is 1. The molecule has 1 aromatic carbocycles. The summed E-state index contributed by atoms with van der Waals surface area (Å²) in [4.78, 5) is 16.0. The predicted octanol–water partition coefficient (Wildman–Crippen LogP) is 3.55. The number of thiazole rings is 1. The lowest BCUT2D eigenvalue weighted by Gasteiger charge is -1.97. The zero-order valence-electron chi connectivity index (χ0n) is 10.1. The SMILES string of the molecule is O=C(Nc1nccs1)c1cc(-c2ccc(Br)cc2)n[nH]1. The maximum Gasteiger partial charge on any atom is 0.275 e. The van der Waals surface area contributed by atoms with Crippen molar-refractivity contribution < 1.29 is 4.79 Å². The Kier molecular flexibility index (Phi) is 3.62. The van der Waals surface area contributed by atoms with Crippen molar-refractivity contribution in [2.75, 3.05) is 5.32 Å². The average molecular weight is 349 g/mol. The van der Waals surface area contributed by atoms with Gasteiger partial charge in [-0.25, -0.2) is 4.98 Å². The zero-order valence-corrected chi connectivity index (χ0v) is 12.5. The number of H-pyrrole nitrogens is 1. The molecule has 2 heterocycles. The van der Waals surface area contributed by atoms with Crippen LogP contribution < -0.4 is 5.32 Å². The fourth-order valence-electron chi connectivity index (χ4n) is 1.66. The maximum absolute atomic E-state index is 12.0. The first-order valence-electron chi connectivity index (χ1n) is 5.74. The van der Waals surface area contributed by atoms with Crippen LogP contribution in [-0.2, 0) is 0 Å². The second kappa shape index (κ2) is 5.56. The third-order valence-corrected chi connectivity index (χ3v) is 3.83. The number of halogens is 1. The molecule has 20 heavy (non-hydrogen) atoms. The molecular formula is C13H9BrN4OS. The summed E-state index contributed by atoms with van der Waals surface area (Å²) in [5.41, 5.74) is 2.07. The van der Waals surface area contributed by atoms with Gasteiger partial charge < -0.3 is 0 Å². The highest BCUT2D eigenvalue weighted by molar-refractivity contribution is 9.10. The van der Waals surface area contributed by atoms with E-state index in [0.29, 0.717) is 10.8 Å². The molecule has 0 radical (unpaired) electrons. The van der Waals surface area contributed by atoms with E-state index >= 15 is 0 Å². The lowest BCUT2D eigenvalue weighted by atomic mass is 10.1. The summed E-state index contributed by atoms with van der Waals surface area (Å²) in [6, 6.07) is 9.44. The van der Waals surface area contributed by atoms with Gasteiger partial charge in [-0.3, -0.25) is 15.2 Å². The van der Waals surface area contributed by atoms with Gasteiger partial charge in [0.2, 0.25) is 0 Å². The van der Waals surface area contributed by atoms with Gasteiger partial charge in [0, 0.05) is 21.6 Å². The molecule has 0 aliphatic heterocycles. The Morgan fingerprint density at radius 1 is 1.30 bits per heavy atom. The van der Waals surface area contributed by atoms with Gasteiger partial charge >= 0.3 is 0 Å². The molecule has 3 rings (SSSR count). The number of aromatic nitrogens is 3. The molecule has 0 aliphatic rings. The topological polar surface area (TPSA) is 70.7 Å². The highest BCUT2D eigenvalue weighted by atomic mass is 79.9. The van der Waals surface area contributed by atoms with E-state index in [1.54, 1.807) is 17.6 Å². The van der Waals surface area contributed by atoms with Crippen molar-refractivity contribution in [3.05, 3.63) is 52.1 Å². The third kappa shape index (κ3) is 2.78. The number of benzene rings is 1.